The number of hydrogen-bond acceptors (Lipinski definition) is 2. The van der Waals surface area contributed by atoms with Gasteiger partial charge in [-0.2, -0.15) is 5.10 Å². The second kappa shape index (κ2) is 5.08. The Bertz CT molecular complexity index is 557. The van der Waals surface area contributed by atoms with Crippen molar-refractivity contribution >= 4 is 5.69 Å². The number of hydrogen-bond donors (Lipinski definition) is 1. The lowest BCUT2D eigenvalue weighted by molar-refractivity contribution is 0.519. The van der Waals surface area contributed by atoms with Crippen molar-refractivity contribution < 1.29 is 0 Å². The van der Waals surface area contributed by atoms with E-state index in [1.54, 1.807) is 0 Å². The maximum atomic E-state index is 4.67. The van der Waals surface area contributed by atoms with Crippen molar-refractivity contribution in [1.29, 1.82) is 0 Å². The molecule has 0 fully saturated rings. The molecular weight excluding hydrogens is 234 g/mol. The first kappa shape index (κ1) is 12.3. The van der Waals surface area contributed by atoms with Gasteiger partial charge in [-0.3, -0.25) is 4.68 Å². The zero-order chi connectivity index (χ0) is 13.2. The molecule has 3 nitrogen and oxygen atoms in total. The number of para-hydroxylation sites is 1. The van der Waals surface area contributed by atoms with Crippen molar-refractivity contribution in [2.24, 2.45) is 0 Å². The molecule has 3 rings (SSSR count). The van der Waals surface area contributed by atoms with Gasteiger partial charge in [0.1, 0.15) is 0 Å². The van der Waals surface area contributed by atoms with Gasteiger partial charge in [-0.1, -0.05) is 18.2 Å². The summed E-state index contributed by atoms with van der Waals surface area (Å²) in [6.07, 6.45) is 4.32. The highest BCUT2D eigenvalue weighted by atomic mass is 15.3. The fourth-order valence-corrected chi connectivity index (χ4v) is 2.79. The summed E-state index contributed by atoms with van der Waals surface area (Å²) in [5, 5.41) is 8.15. The Labute approximate surface area is 114 Å². The van der Waals surface area contributed by atoms with Gasteiger partial charge in [-0.05, 0) is 50.3 Å². The molecule has 0 saturated carbocycles. The maximum Gasteiger partial charge on any atom is 0.0630 e. The predicted octanol–water partition coefficient (Wildman–Crippen LogP) is 3.61. The van der Waals surface area contributed by atoms with Crippen LogP contribution in [0.2, 0.25) is 0 Å². The van der Waals surface area contributed by atoms with Gasteiger partial charge >= 0.3 is 0 Å². The number of aromatic nitrogens is 2. The molecule has 1 aliphatic heterocycles. The summed E-state index contributed by atoms with van der Waals surface area (Å²) >= 11 is 0. The number of benzene rings is 1. The van der Waals surface area contributed by atoms with E-state index in [9.17, 15) is 0 Å². The molecule has 0 aliphatic carbocycles. The van der Waals surface area contributed by atoms with E-state index in [0.717, 1.165) is 13.0 Å². The quantitative estimate of drug-likeness (QED) is 0.908. The number of fused-ring (bicyclic) bond motifs is 1. The Morgan fingerprint density at radius 3 is 2.95 bits per heavy atom. The molecule has 19 heavy (non-hydrogen) atoms. The van der Waals surface area contributed by atoms with E-state index in [4.69, 9.17) is 0 Å². The van der Waals surface area contributed by atoms with E-state index in [-0.39, 0.29) is 0 Å². The van der Waals surface area contributed by atoms with Crippen LogP contribution in [0.15, 0.2) is 36.5 Å². The van der Waals surface area contributed by atoms with Gasteiger partial charge in [0.25, 0.3) is 0 Å². The topological polar surface area (TPSA) is 29.9 Å². The third-order valence-electron chi connectivity index (χ3n) is 3.86. The molecule has 1 aromatic carbocycles. The molecule has 0 bridgehead atoms. The number of nitrogens with one attached hydrogen (secondary N) is 1. The van der Waals surface area contributed by atoms with E-state index in [1.807, 2.05) is 4.68 Å². The summed E-state index contributed by atoms with van der Waals surface area (Å²) < 4.78 is 2.04. The molecule has 0 saturated heterocycles. The van der Waals surface area contributed by atoms with Crippen LogP contribution < -0.4 is 5.32 Å². The molecule has 0 spiro atoms. The first-order chi connectivity index (χ1) is 9.24. The first-order valence-electron chi connectivity index (χ1n) is 7.11. The van der Waals surface area contributed by atoms with Gasteiger partial charge in [0, 0.05) is 24.5 Å². The fourth-order valence-electron chi connectivity index (χ4n) is 2.79. The number of rotatable bonds is 3. The van der Waals surface area contributed by atoms with Gasteiger partial charge in [0.15, 0.2) is 0 Å². The summed E-state index contributed by atoms with van der Waals surface area (Å²) in [6, 6.07) is 11.2. The summed E-state index contributed by atoms with van der Waals surface area (Å²) in [5.41, 5.74) is 3.94. The molecule has 3 heteroatoms. The van der Waals surface area contributed by atoms with Crippen molar-refractivity contribution in [3.8, 4) is 0 Å². The Hall–Kier alpha value is -1.77. The molecule has 1 N–H and O–H groups in total. The van der Waals surface area contributed by atoms with Crippen LogP contribution in [0.4, 0.5) is 5.69 Å². The normalized spacial score (nSPS) is 18.2. The molecular formula is C16H21N3. The minimum atomic E-state index is 0.439. The highest BCUT2D eigenvalue weighted by molar-refractivity contribution is 5.54. The zero-order valence-corrected chi connectivity index (χ0v) is 11.6. The summed E-state index contributed by atoms with van der Waals surface area (Å²) in [4.78, 5) is 0. The smallest absolute Gasteiger partial charge is 0.0630 e. The van der Waals surface area contributed by atoms with Crippen LogP contribution in [0, 0.1) is 0 Å². The van der Waals surface area contributed by atoms with Crippen molar-refractivity contribution in [3.63, 3.8) is 0 Å². The van der Waals surface area contributed by atoms with Crippen LogP contribution in [-0.2, 0) is 6.42 Å². The van der Waals surface area contributed by atoms with Gasteiger partial charge in [0.05, 0.1) is 5.69 Å². The van der Waals surface area contributed by atoms with Crippen LogP contribution in [0.5, 0.6) is 0 Å². The lowest BCUT2D eigenvalue weighted by Crippen LogP contribution is -2.18. The van der Waals surface area contributed by atoms with Gasteiger partial charge in [0.2, 0.25) is 0 Å². The lowest BCUT2D eigenvalue weighted by atomic mass is 9.87. The van der Waals surface area contributed by atoms with E-state index in [2.05, 4.69) is 60.8 Å². The van der Waals surface area contributed by atoms with Crippen LogP contribution in [-0.4, -0.2) is 16.3 Å². The van der Waals surface area contributed by atoms with Crippen LogP contribution in [0.3, 0.4) is 0 Å². The monoisotopic (exact) mass is 255 g/mol. The minimum Gasteiger partial charge on any atom is -0.385 e. The summed E-state index contributed by atoms with van der Waals surface area (Å²) in [5.74, 6) is 0.591. The fraction of sp³-hybridized carbons (Fsp3) is 0.438. The molecule has 1 aliphatic rings. The standard InChI is InChI=1S/C16H21N3/c1-12(2)19-10-8-14(18-19)11-13-7-9-17-16-6-4-3-5-15(13)16/h3-6,8,10,12-13,17H,7,9,11H2,1-2H3. The van der Waals surface area contributed by atoms with Crippen LogP contribution >= 0.6 is 0 Å². The highest BCUT2D eigenvalue weighted by Crippen LogP contribution is 2.33. The third kappa shape index (κ3) is 2.50. The molecule has 100 valence electrons. The SMILES string of the molecule is CC(C)n1ccc(CC2CCNc3ccccc32)n1. The molecule has 2 aromatic rings. The minimum absolute atomic E-state index is 0.439. The van der Waals surface area contributed by atoms with Gasteiger partial charge in [-0.15, -0.1) is 0 Å². The highest BCUT2D eigenvalue weighted by Gasteiger charge is 2.20. The first-order valence-corrected chi connectivity index (χ1v) is 7.11. The van der Waals surface area contributed by atoms with Gasteiger partial charge < -0.3 is 5.32 Å². The third-order valence-corrected chi connectivity index (χ3v) is 3.86. The summed E-state index contributed by atoms with van der Waals surface area (Å²) in [6.45, 7) is 5.39. The van der Waals surface area contributed by atoms with E-state index >= 15 is 0 Å². The van der Waals surface area contributed by atoms with Crippen molar-refractivity contribution in [1.82, 2.24) is 9.78 Å². The molecule has 2 heterocycles. The lowest BCUT2D eigenvalue weighted by Gasteiger charge is -2.26. The Balaban J connectivity index is 1.80. The molecule has 1 unspecified atom stereocenters. The maximum absolute atomic E-state index is 4.67. The Kier molecular flexibility index (Phi) is 3.28. The number of nitrogens with zero attached hydrogens (tertiary/aromatic N) is 2. The van der Waals surface area contributed by atoms with Crippen molar-refractivity contribution in [3.05, 3.63) is 47.8 Å². The van der Waals surface area contributed by atoms with Crippen molar-refractivity contribution in [2.45, 2.75) is 38.6 Å². The van der Waals surface area contributed by atoms with E-state index in [1.165, 1.54) is 23.4 Å². The molecule has 0 amide bonds. The second-order valence-corrected chi connectivity index (χ2v) is 5.58. The van der Waals surface area contributed by atoms with Crippen molar-refractivity contribution in [2.75, 3.05) is 11.9 Å². The Morgan fingerprint density at radius 2 is 2.16 bits per heavy atom. The second-order valence-electron chi connectivity index (χ2n) is 5.58. The van der Waals surface area contributed by atoms with Crippen LogP contribution in [0.25, 0.3) is 0 Å². The summed E-state index contributed by atoms with van der Waals surface area (Å²) in [7, 11) is 0. The predicted molar refractivity (Wildman–Crippen MR) is 78.6 cm³/mol. The average molecular weight is 255 g/mol. The van der Waals surface area contributed by atoms with Crippen LogP contribution in [0.1, 0.15) is 43.5 Å². The largest absolute Gasteiger partial charge is 0.385 e. The van der Waals surface area contributed by atoms with E-state index < -0.39 is 0 Å². The number of anilines is 1. The van der Waals surface area contributed by atoms with E-state index in [0.29, 0.717) is 12.0 Å². The molecule has 0 radical (unpaired) electrons. The zero-order valence-electron chi connectivity index (χ0n) is 11.6. The molecule has 1 aromatic heterocycles. The average Bonchev–Trinajstić information content (AvgIpc) is 2.88. The molecule has 1 atom stereocenters. The Morgan fingerprint density at radius 1 is 1.32 bits per heavy atom. The van der Waals surface area contributed by atoms with Gasteiger partial charge in [-0.25, -0.2) is 0 Å².